The van der Waals surface area contributed by atoms with Gasteiger partial charge in [-0.15, -0.1) is 0 Å². The van der Waals surface area contributed by atoms with Gasteiger partial charge in [-0.25, -0.2) is 0 Å². The average molecular weight is 154 g/mol. The van der Waals surface area contributed by atoms with Crippen molar-refractivity contribution in [2.45, 2.75) is 13.0 Å². The van der Waals surface area contributed by atoms with E-state index in [1.807, 2.05) is 6.92 Å². The molecule has 0 saturated heterocycles. The SMILES string of the molecule is C[C@@H](O)C[N+](C)(C)C.[Cl-]. The second-order valence-corrected chi connectivity index (χ2v) is 3.32. The van der Waals surface area contributed by atoms with Gasteiger partial charge < -0.3 is 22.0 Å². The Hall–Kier alpha value is 0.210. The molecule has 0 rings (SSSR count). The first-order valence-electron chi connectivity index (χ1n) is 2.90. The summed E-state index contributed by atoms with van der Waals surface area (Å²) in [6.07, 6.45) is -0.185. The standard InChI is InChI=1S/C6H16NO.ClH/c1-6(8)5-7(2,3)4;/h6,8H,5H2,1-4H3;1H/q+1;/p-1/t6-;/m1./s1. The lowest BCUT2D eigenvalue weighted by atomic mass is 10.3. The monoisotopic (exact) mass is 153 g/mol. The molecule has 0 aromatic heterocycles. The first-order valence-corrected chi connectivity index (χ1v) is 2.90. The van der Waals surface area contributed by atoms with Crippen LogP contribution in [0.2, 0.25) is 0 Å². The molecule has 0 aromatic carbocycles. The highest BCUT2D eigenvalue weighted by Crippen LogP contribution is 1.92. The van der Waals surface area contributed by atoms with E-state index in [0.29, 0.717) is 0 Å². The van der Waals surface area contributed by atoms with Crippen LogP contribution in [0.5, 0.6) is 0 Å². The molecule has 0 aromatic rings. The van der Waals surface area contributed by atoms with E-state index < -0.39 is 0 Å². The summed E-state index contributed by atoms with van der Waals surface area (Å²) < 4.78 is 0.831. The minimum atomic E-state index is -0.185. The molecular weight excluding hydrogens is 138 g/mol. The normalized spacial score (nSPS) is 14.3. The summed E-state index contributed by atoms with van der Waals surface area (Å²) in [5, 5.41) is 8.87. The topological polar surface area (TPSA) is 20.2 Å². The van der Waals surface area contributed by atoms with Gasteiger partial charge in [0.25, 0.3) is 0 Å². The van der Waals surface area contributed by atoms with Gasteiger partial charge in [0, 0.05) is 0 Å². The summed E-state index contributed by atoms with van der Waals surface area (Å²) in [5.41, 5.74) is 0. The van der Waals surface area contributed by atoms with Crippen LogP contribution in [0.4, 0.5) is 0 Å². The van der Waals surface area contributed by atoms with Crippen molar-refractivity contribution < 1.29 is 22.0 Å². The summed E-state index contributed by atoms with van der Waals surface area (Å²) >= 11 is 0. The van der Waals surface area contributed by atoms with Crippen LogP contribution in [0.3, 0.4) is 0 Å². The van der Waals surface area contributed by atoms with E-state index in [4.69, 9.17) is 5.11 Å². The molecule has 0 unspecified atom stereocenters. The van der Waals surface area contributed by atoms with Crippen molar-refractivity contribution >= 4 is 0 Å². The molecule has 1 N–H and O–H groups in total. The molecule has 0 radical (unpaired) electrons. The number of halogens is 1. The summed E-state index contributed by atoms with van der Waals surface area (Å²) in [7, 11) is 6.19. The van der Waals surface area contributed by atoms with Crippen LogP contribution in [-0.4, -0.2) is 43.4 Å². The Labute approximate surface area is 63.5 Å². The lowest BCUT2D eigenvalue weighted by molar-refractivity contribution is -0.873. The van der Waals surface area contributed by atoms with Crippen LogP contribution in [0.15, 0.2) is 0 Å². The van der Waals surface area contributed by atoms with E-state index in [1.165, 1.54) is 0 Å². The molecule has 3 heteroatoms. The zero-order chi connectivity index (χ0) is 6.78. The molecule has 2 nitrogen and oxygen atoms in total. The van der Waals surface area contributed by atoms with Crippen molar-refractivity contribution in [3.63, 3.8) is 0 Å². The summed E-state index contributed by atoms with van der Waals surface area (Å²) in [6.45, 7) is 2.63. The zero-order valence-corrected chi connectivity index (χ0v) is 7.31. The number of nitrogens with zero attached hydrogens (tertiary/aromatic N) is 1. The van der Waals surface area contributed by atoms with Gasteiger partial charge >= 0.3 is 0 Å². The molecule has 0 aliphatic rings. The van der Waals surface area contributed by atoms with Crippen molar-refractivity contribution in [2.75, 3.05) is 27.7 Å². The minimum Gasteiger partial charge on any atom is -1.00 e. The van der Waals surface area contributed by atoms with E-state index in [2.05, 4.69) is 21.1 Å². The van der Waals surface area contributed by atoms with Crippen molar-refractivity contribution in [3.8, 4) is 0 Å². The summed E-state index contributed by atoms with van der Waals surface area (Å²) in [5.74, 6) is 0. The van der Waals surface area contributed by atoms with E-state index >= 15 is 0 Å². The molecule has 0 spiro atoms. The molecular formula is C6H16ClNO. The maximum absolute atomic E-state index is 8.87. The Bertz CT molecular complexity index is 67.9. The predicted octanol–water partition coefficient (Wildman–Crippen LogP) is -2.92. The number of hydrogen-bond donors (Lipinski definition) is 1. The molecule has 0 fully saturated rings. The van der Waals surface area contributed by atoms with Crippen LogP contribution >= 0.6 is 0 Å². The Morgan fingerprint density at radius 2 is 1.67 bits per heavy atom. The van der Waals surface area contributed by atoms with Gasteiger partial charge in [-0.05, 0) is 6.92 Å². The van der Waals surface area contributed by atoms with Crippen molar-refractivity contribution in [2.24, 2.45) is 0 Å². The molecule has 0 bridgehead atoms. The highest BCUT2D eigenvalue weighted by Gasteiger charge is 2.09. The number of quaternary nitrogens is 1. The van der Waals surface area contributed by atoms with Crippen LogP contribution in [0.1, 0.15) is 6.92 Å². The minimum absolute atomic E-state index is 0. The van der Waals surface area contributed by atoms with Gasteiger partial charge in [0.05, 0.1) is 21.1 Å². The highest BCUT2D eigenvalue weighted by molar-refractivity contribution is 4.39. The Morgan fingerprint density at radius 3 is 1.67 bits per heavy atom. The van der Waals surface area contributed by atoms with Crippen LogP contribution in [-0.2, 0) is 0 Å². The first kappa shape index (κ1) is 11.9. The Kier molecular flexibility index (Phi) is 5.43. The van der Waals surface area contributed by atoms with E-state index in [-0.39, 0.29) is 18.5 Å². The Morgan fingerprint density at radius 1 is 1.33 bits per heavy atom. The van der Waals surface area contributed by atoms with Crippen molar-refractivity contribution in [1.82, 2.24) is 0 Å². The van der Waals surface area contributed by atoms with Gasteiger partial charge in [0.2, 0.25) is 0 Å². The lowest BCUT2D eigenvalue weighted by Crippen LogP contribution is -3.00. The fourth-order valence-electron chi connectivity index (χ4n) is 0.793. The first-order chi connectivity index (χ1) is 3.42. The molecule has 0 aliphatic heterocycles. The molecule has 0 amide bonds. The van der Waals surface area contributed by atoms with Gasteiger partial charge in [-0.2, -0.15) is 0 Å². The Balaban J connectivity index is 0. The van der Waals surface area contributed by atoms with E-state index in [0.717, 1.165) is 11.0 Å². The zero-order valence-electron chi connectivity index (χ0n) is 6.56. The molecule has 0 saturated carbocycles. The number of aliphatic hydroxyl groups excluding tert-OH is 1. The van der Waals surface area contributed by atoms with Gasteiger partial charge in [-0.1, -0.05) is 0 Å². The fourth-order valence-corrected chi connectivity index (χ4v) is 0.793. The third-order valence-electron chi connectivity index (χ3n) is 0.812. The molecule has 0 heterocycles. The lowest BCUT2D eigenvalue weighted by Gasteiger charge is -2.24. The van der Waals surface area contributed by atoms with Gasteiger partial charge in [0.15, 0.2) is 0 Å². The van der Waals surface area contributed by atoms with Crippen molar-refractivity contribution in [1.29, 1.82) is 0 Å². The number of hydrogen-bond acceptors (Lipinski definition) is 1. The molecule has 1 atom stereocenters. The molecule has 0 aliphatic carbocycles. The number of aliphatic hydroxyl groups is 1. The maximum Gasteiger partial charge on any atom is 0.104 e. The van der Waals surface area contributed by atoms with Gasteiger partial charge in [0.1, 0.15) is 12.6 Å². The fraction of sp³-hybridized carbons (Fsp3) is 1.00. The number of rotatable bonds is 2. The van der Waals surface area contributed by atoms with Crippen LogP contribution < -0.4 is 12.4 Å². The van der Waals surface area contributed by atoms with Crippen LogP contribution in [0, 0.1) is 0 Å². The van der Waals surface area contributed by atoms with Crippen molar-refractivity contribution in [3.05, 3.63) is 0 Å². The predicted molar refractivity (Wildman–Crippen MR) is 34.6 cm³/mol. The third-order valence-corrected chi connectivity index (χ3v) is 0.812. The second kappa shape index (κ2) is 4.09. The molecule has 58 valence electrons. The largest absolute Gasteiger partial charge is 1.00 e. The maximum atomic E-state index is 8.87. The van der Waals surface area contributed by atoms with E-state index in [1.54, 1.807) is 0 Å². The average Bonchev–Trinajstić information content (AvgIpc) is 1.21. The highest BCUT2D eigenvalue weighted by atomic mass is 35.5. The second-order valence-electron chi connectivity index (χ2n) is 3.32. The number of likely N-dealkylation sites (N-methyl/N-ethyl adjacent to an activating group) is 1. The van der Waals surface area contributed by atoms with E-state index in [9.17, 15) is 0 Å². The smallest absolute Gasteiger partial charge is 0.104 e. The quantitative estimate of drug-likeness (QED) is 0.422. The van der Waals surface area contributed by atoms with Crippen LogP contribution in [0.25, 0.3) is 0 Å². The third kappa shape index (κ3) is 11.7. The summed E-state index contributed by atoms with van der Waals surface area (Å²) in [4.78, 5) is 0. The van der Waals surface area contributed by atoms with Gasteiger partial charge in [-0.3, -0.25) is 0 Å². The summed E-state index contributed by atoms with van der Waals surface area (Å²) in [6, 6.07) is 0. The molecule has 9 heavy (non-hydrogen) atoms.